The van der Waals surface area contributed by atoms with Crippen LogP contribution in [0.1, 0.15) is 26.5 Å². The molecule has 1 aliphatic rings. The Kier molecular flexibility index (Phi) is 4.94. The summed E-state index contributed by atoms with van der Waals surface area (Å²) in [7, 11) is -2.93. The summed E-state index contributed by atoms with van der Waals surface area (Å²) in [4.78, 5) is 25.6. The van der Waals surface area contributed by atoms with Crippen molar-refractivity contribution >= 4 is 33.0 Å². The number of nitro benzene ring substituents is 1. The van der Waals surface area contributed by atoms with Crippen molar-refractivity contribution in [2.45, 2.75) is 24.2 Å². The fourth-order valence-corrected chi connectivity index (χ4v) is 4.66. The predicted molar refractivity (Wildman–Crippen MR) is 93.8 cm³/mol. The molecule has 1 aromatic heterocycles. The van der Waals surface area contributed by atoms with E-state index in [1.165, 1.54) is 24.5 Å². The van der Waals surface area contributed by atoms with E-state index >= 15 is 0 Å². The highest BCUT2D eigenvalue weighted by molar-refractivity contribution is 7.89. The molecule has 1 aromatic carbocycles. The van der Waals surface area contributed by atoms with E-state index in [-0.39, 0.29) is 10.6 Å². The lowest BCUT2D eigenvalue weighted by molar-refractivity contribution is -0.386. The number of ether oxygens (including phenoxy) is 1. The molecule has 26 heavy (non-hydrogen) atoms. The molecule has 0 bridgehead atoms. The van der Waals surface area contributed by atoms with Gasteiger partial charge in [-0.1, -0.05) is 0 Å². The number of thiophene rings is 1. The first-order valence-corrected chi connectivity index (χ1v) is 9.88. The largest absolute Gasteiger partial charge is 0.490 e. The van der Waals surface area contributed by atoms with Crippen LogP contribution in [0.2, 0.25) is 0 Å². The molecule has 1 amide bonds. The van der Waals surface area contributed by atoms with Crippen LogP contribution >= 0.6 is 11.3 Å². The summed E-state index contributed by atoms with van der Waals surface area (Å²) >= 11 is 1.34. The second kappa shape index (κ2) is 7.02. The molecule has 0 radical (unpaired) electrons. The van der Waals surface area contributed by atoms with E-state index < -0.39 is 26.5 Å². The molecule has 9 nitrogen and oxygen atoms in total. The number of carbonyl (C=O) groups is 1. The van der Waals surface area contributed by atoms with Crippen LogP contribution < -0.4 is 15.0 Å². The van der Waals surface area contributed by atoms with Crippen LogP contribution in [0, 0.1) is 10.1 Å². The summed E-state index contributed by atoms with van der Waals surface area (Å²) < 4.78 is 29.4. The molecule has 1 aliphatic carbocycles. The molecule has 0 fully saturated rings. The summed E-state index contributed by atoms with van der Waals surface area (Å²) in [5.41, 5.74) is 2.77. The molecule has 0 unspecified atom stereocenters. The van der Waals surface area contributed by atoms with Gasteiger partial charge in [0.1, 0.15) is 0 Å². The molecule has 3 rings (SSSR count). The fraction of sp³-hybridized carbons (Fsp3) is 0.267. The van der Waals surface area contributed by atoms with Gasteiger partial charge in [0, 0.05) is 10.9 Å². The van der Waals surface area contributed by atoms with Gasteiger partial charge in [-0.3, -0.25) is 20.3 Å². The lowest BCUT2D eigenvalue weighted by Crippen LogP contribution is -2.41. The fourth-order valence-electron chi connectivity index (χ4n) is 2.65. The Morgan fingerprint density at radius 3 is 2.73 bits per heavy atom. The number of hydrogen-bond donors (Lipinski definition) is 2. The zero-order valence-corrected chi connectivity index (χ0v) is 15.3. The number of fused-ring (bicyclic) bond motifs is 1. The normalized spacial score (nSPS) is 13.3. The topological polar surface area (TPSA) is 128 Å². The standard InChI is InChI=1S/C15H15N3O6S2/c1-24-12-6-5-10(8-11(12)18(20)21)26(22,23)17-16-15(19)14-7-9-3-2-4-13(9)25-14/h5-8,17H,2-4H2,1H3,(H,16,19). The number of aryl methyl sites for hydroxylation is 2. The van der Waals surface area contributed by atoms with Crippen LogP contribution in [0.25, 0.3) is 0 Å². The van der Waals surface area contributed by atoms with Gasteiger partial charge in [-0.2, -0.15) is 0 Å². The zero-order chi connectivity index (χ0) is 18.9. The molecule has 1 heterocycles. The van der Waals surface area contributed by atoms with Crippen molar-refractivity contribution in [2.24, 2.45) is 0 Å². The molecular formula is C15H15N3O6S2. The highest BCUT2D eigenvalue weighted by Gasteiger charge is 2.24. The van der Waals surface area contributed by atoms with Crippen molar-refractivity contribution in [3.8, 4) is 5.75 Å². The first-order valence-electron chi connectivity index (χ1n) is 7.58. The monoisotopic (exact) mass is 397 g/mol. The molecule has 0 atom stereocenters. The van der Waals surface area contributed by atoms with Crippen molar-refractivity contribution in [3.05, 3.63) is 49.7 Å². The van der Waals surface area contributed by atoms with Gasteiger partial charge in [-0.25, -0.2) is 8.42 Å². The lowest BCUT2D eigenvalue weighted by Gasteiger charge is -2.09. The molecule has 11 heteroatoms. The van der Waals surface area contributed by atoms with Crippen molar-refractivity contribution in [1.82, 2.24) is 10.3 Å². The van der Waals surface area contributed by atoms with Crippen LogP contribution in [0.3, 0.4) is 0 Å². The summed E-state index contributed by atoms with van der Waals surface area (Å²) in [5, 5.41) is 11.0. The number of carbonyl (C=O) groups excluding carboxylic acids is 1. The smallest absolute Gasteiger partial charge is 0.312 e. The Balaban J connectivity index is 1.75. The summed E-state index contributed by atoms with van der Waals surface area (Å²) in [6, 6.07) is 4.96. The van der Waals surface area contributed by atoms with Gasteiger partial charge in [-0.05, 0) is 43.0 Å². The SMILES string of the molecule is COc1ccc(S(=O)(=O)NNC(=O)c2cc3c(s2)CCC3)cc1[N+](=O)[O-]. The van der Waals surface area contributed by atoms with Crippen molar-refractivity contribution < 1.29 is 22.9 Å². The lowest BCUT2D eigenvalue weighted by atomic mass is 10.2. The number of rotatable bonds is 6. The third kappa shape index (κ3) is 3.54. The Labute approximate surface area is 153 Å². The van der Waals surface area contributed by atoms with E-state index in [0.29, 0.717) is 4.88 Å². The van der Waals surface area contributed by atoms with Crippen LogP contribution in [0.4, 0.5) is 5.69 Å². The van der Waals surface area contributed by atoms with Gasteiger partial charge >= 0.3 is 5.69 Å². The predicted octanol–water partition coefficient (Wildman–Crippen LogP) is 1.78. The van der Waals surface area contributed by atoms with Crippen LogP contribution in [0.5, 0.6) is 5.75 Å². The number of nitrogens with one attached hydrogen (secondary N) is 2. The molecule has 0 spiro atoms. The van der Waals surface area contributed by atoms with Crippen molar-refractivity contribution in [2.75, 3.05) is 7.11 Å². The minimum atomic E-state index is -4.18. The van der Waals surface area contributed by atoms with E-state index in [4.69, 9.17) is 4.74 Å². The van der Waals surface area contributed by atoms with E-state index in [0.717, 1.165) is 41.8 Å². The number of amides is 1. The Bertz CT molecular complexity index is 962. The van der Waals surface area contributed by atoms with Gasteiger partial charge in [-0.15, -0.1) is 16.2 Å². The van der Waals surface area contributed by atoms with Crippen LogP contribution in [0.15, 0.2) is 29.2 Å². The Morgan fingerprint density at radius 2 is 2.08 bits per heavy atom. The molecule has 0 saturated heterocycles. The average molecular weight is 397 g/mol. The quantitative estimate of drug-likeness (QED) is 0.565. The number of benzene rings is 1. The van der Waals surface area contributed by atoms with Crippen LogP contribution in [-0.4, -0.2) is 26.4 Å². The molecule has 0 aliphatic heterocycles. The number of nitrogens with zero attached hydrogens (tertiary/aromatic N) is 1. The highest BCUT2D eigenvalue weighted by Crippen LogP contribution is 2.31. The van der Waals surface area contributed by atoms with E-state index in [1.807, 2.05) is 4.83 Å². The molecule has 0 saturated carbocycles. The van der Waals surface area contributed by atoms with Gasteiger partial charge in [0.25, 0.3) is 15.9 Å². The van der Waals surface area contributed by atoms with Crippen molar-refractivity contribution in [3.63, 3.8) is 0 Å². The van der Waals surface area contributed by atoms with Crippen LogP contribution in [-0.2, 0) is 22.9 Å². The van der Waals surface area contributed by atoms with Gasteiger partial charge in [0.2, 0.25) is 0 Å². The number of methoxy groups -OCH3 is 1. The third-order valence-corrected chi connectivity index (χ3v) is 6.41. The second-order valence-corrected chi connectivity index (χ2v) is 8.38. The first kappa shape index (κ1) is 18.3. The number of hydrogen-bond acceptors (Lipinski definition) is 7. The van der Waals surface area contributed by atoms with Gasteiger partial charge < -0.3 is 4.74 Å². The van der Waals surface area contributed by atoms with E-state index in [1.54, 1.807) is 6.07 Å². The Hall–Kier alpha value is -2.50. The third-order valence-electron chi connectivity index (χ3n) is 3.93. The maximum absolute atomic E-state index is 12.3. The van der Waals surface area contributed by atoms with E-state index in [9.17, 15) is 23.3 Å². The Morgan fingerprint density at radius 1 is 1.31 bits per heavy atom. The number of nitro groups is 1. The summed E-state index contributed by atoms with van der Waals surface area (Å²) in [6.07, 6.45) is 2.90. The summed E-state index contributed by atoms with van der Waals surface area (Å²) in [6.45, 7) is 0. The molecule has 2 N–H and O–H groups in total. The molecule has 138 valence electrons. The minimum Gasteiger partial charge on any atom is -0.490 e. The molecular weight excluding hydrogens is 382 g/mol. The molecule has 2 aromatic rings. The maximum atomic E-state index is 12.3. The average Bonchev–Trinajstić information content (AvgIpc) is 3.21. The van der Waals surface area contributed by atoms with Gasteiger partial charge in [0.05, 0.1) is 21.8 Å². The van der Waals surface area contributed by atoms with E-state index in [2.05, 4.69) is 5.43 Å². The second-order valence-electron chi connectivity index (χ2n) is 5.56. The zero-order valence-electron chi connectivity index (χ0n) is 13.6. The number of sulfonamides is 1. The van der Waals surface area contributed by atoms with Gasteiger partial charge in [0.15, 0.2) is 5.75 Å². The summed E-state index contributed by atoms with van der Waals surface area (Å²) in [5.74, 6) is -0.637. The minimum absolute atomic E-state index is 0.0638. The van der Waals surface area contributed by atoms with Crippen molar-refractivity contribution in [1.29, 1.82) is 0 Å². The first-order chi connectivity index (χ1) is 12.3. The highest BCUT2D eigenvalue weighted by atomic mass is 32.2. The maximum Gasteiger partial charge on any atom is 0.312 e. The number of hydrazine groups is 1.